The van der Waals surface area contributed by atoms with Crippen LogP contribution < -0.4 is 11.1 Å². The van der Waals surface area contributed by atoms with Crippen molar-refractivity contribution in [1.82, 2.24) is 10.3 Å². The maximum atomic E-state index is 5.72. The Morgan fingerprint density at radius 3 is 3.06 bits per heavy atom. The zero-order valence-electron chi connectivity index (χ0n) is 9.72. The van der Waals surface area contributed by atoms with E-state index in [4.69, 9.17) is 18.0 Å². The molecule has 0 fully saturated rings. The number of hydrogen-bond donors (Lipinski definition) is 2. The number of thioether (sulfide) groups is 1. The van der Waals surface area contributed by atoms with Crippen molar-refractivity contribution in [3.8, 4) is 0 Å². The molecule has 0 unspecified atom stereocenters. The Morgan fingerprint density at radius 2 is 2.41 bits per heavy atom. The predicted molar refractivity (Wildman–Crippen MR) is 78.3 cm³/mol. The van der Waals surface area contributed by atoms with Gasteiger partial charge in [0.1, 0.15) is 5.84 Å². The van der Waals surface area contributed by atoms with E-state index < -0.39 is 0 Å². The molecule has 92 valence electrons. The molecule has 0 aliphatic carbocycles. The standard InChI is InChI=1S/C11H16N4S2/c1-13-11(16)15-10(12)5-7-17-8-9-4-2-3-6-14-9/h2-4,6H,5,7-8H2,1H3,(H3,12,13,15,16). The molecule has 0 aliphatic rings. The van der Waals surface area contributed by atoms with Crippen LogP contribution in [-0.2, 0) is 5.75 Å². The lowest BCUT2D eigenvalue weighted by Gasteiger charge is -2.02. The molecule has 0 spiro atoms. The molecule has 1 aromatic heterocycles. The Morgan fingerprint density at radius 1 is 1.59 bits per heavy atom. The first kappa shape index (κ1) is 13.9. The van der Waals surface area contributed by atoms with E-state index in [2.05, 4.69) is 15.3 Å². The van der Waals surface area contributed by atoms with Crippen LogP contribution in [-0.4, -0.2) is 28.7 Å². The van der Waals surface area contributed by atoms with E-state index in [1.54, 1.807) is 25.0 Å². The molecule has 0 bridgehead atoms. The lowest BCUT2D eigenvalue weighted by atomic mass is 10.4. The van der Waals surface area contributed by atoms with Crippen LogP contribution in [0.4, 0.5) is 0 Å². The Bertz CT molecular complexity index is 378. The Kier molecular flexibility index (Phi) is 6.57. The maximum Gasteiger partial charge on any atom is 0.194 e. The van der Waals surface area contributed by atoms with Crippen LogP contribution in [0.25, 0.3) is 0 Å². The number of aliphatic imine (C=N–C) groups is 1. The average Bonchev–Trinajstić information content (AvgIpc) is 2.36. The Hall–Kier alpha value is -1.14. The molecule has 0 aromatic carbocycles. The number of nitrogens with one attached hydrogen (secondary N) is 1. The molecular formula is C11H16N4S2. The number of nitrogens with two attached hydrogens (primary N) is 1. The van der Waals surface area contributed by atoms with Crippen molar-refractivity contribution >= 4 is 34.9 Å². The molecule has 1 heterocycles. The van der Waals surface area contributed by atoms with E-state index in [1.807, 2.05) is 18.2 Å². The fourth-order valence-corrected chi connectivity index (χ4v) is 2.07. The molecule has 6 heteroatoms. The summed E-state index contributed by atoms with van der Waals surface area (Å²) in [5.41, 5.74) is 6.81. The zero-order valence-corrected chi connectivity index (χ0v) is 11.4. The van der Waals surface area contributed by atoms with E-state index in [0.717, 1.165) is 23.6 Å². The van der Waals surface area contributed by atoms with Crippen LogP contribution >= 0.6 is 24.0 Å². The van der Waals surface area contributed by atoms with Crippen LogP contribution in [0.3, 0.4) is 0 Å². The third kappa shape index (κ3) is 6.23. The summed E-state index contributed by atoms with van der Waals surface area (Å²) in [6.07, 6.45) is 2.54. The minimum Gasteiger partial charge on any atom is -0.387 e. The third-order valence-corrected chi connectivity index (χ3v) is 3.23. The van der Waals surface area contributed by atoms with Gasteiger partial charge >= 0.3 is 0 Å². The molecule has 3 N–H and O–H groups in total. The number of nitrogens with zero attached hydrogens (tertiary/aromatic N) is 2. The fourth-order valence-electron chi connectivity index (χ4n) is 1.08. The molecule has 1 aromatic rings. The van der Waals surface area contributed by atoms with Gasteiger partial charge < -0.3 is 11.1 Å². The second kappa shape index (κ2) is 8.03. The van der Waals surface area contributed by atoms with Gasteiger partial charge in [0, 0.05) is 31.2 Å². The number of rotatable bonds is 5. The maximum absolute atomic E-state index is 5.72. The summed E-state index contributed by atoms with van der Waals surface area (Å²) in [5.74, 6) is 2.38. The lowest BCUT2D eigenvalue weighted by Crippen LogP contribution is -2.20. The highest BCUT2D eigenvalue weighted by atomic mass is 32.2. The monoisotopic (exact) mass is 268 g/mol. The van der Waals surface area contributed by atoms with Crippen molar-refractivity contribution in [2.45, 2.75) is 12.2 Å². The van der Waals surface area contributed by atoms with E-state index in [-0.39, 0.29) is 0 Å². The highest BCUT2D eigenvalue weighted by Crippen LogP contribution is 2.10. The summed E-state index contributed by atoms with van der Waals surface area (Å²) in [5, 5.41) is 3.19. The van der Waals surface area contributed by atoms with E-state index in [0.29, 0.717) is 10.9 Å². The number of thiocarbonyl (C=S) groups is 1. The summed E-state index contributed by atoms with van der Waals surface area (Å²) >= 11 is 6.67. The van der Waals surface area contributed by atoms with Crippen molar-refractivity contribution in [1.29, 1.82) is 0 Å². The van der Waals surface area contributed by atoms with Crippen LogP contribution in [0.15, 0.2) is 29.4 Å². The van der Waals surface area contributed by atoms with Crippen LogP contribution in [0.1, 0.15) is 12.1 Å². The predicted octanol–water partition coefficient (Wildman–Crippen LogP) is 1.57. The van der Waals surface area contributed by atoms with Gasteiger partial charge in [-0.25, -0.2) is 4.99 Å². The van der Waals surface area contributed by atoms with Crippen LogP contribution in [0.5, 0.6) is 0 Å². The van der Waals surface area contributed by atoms with Crippen molar-refractivity contribution in [3.05, 3.63) is 30.1 Å². The number of pyridine rings is 1. The van der Waals surface area contributed by atoms with Crippen molar-refractivity contribution < 1.29 is 0 Å². The smallest absolute Gasteiger partial charge is 0.194 e. The largest absolute Gasteiger partial charge is 0.387 e. The van der Waals surface area contributed by atoms with Gasteiger partial charge in [0.2, 0.25) is 0 Å². The summed E-state index contributed by atoms with van der Waals surface area (Å²) in [6.45, 7) is 0. The van der Waals surface area contributed by atoms with Gasteiger partial charge in [0.15, 0.2) is 5.11 Å². The Labute approximate surface area is 111 Å². The molecule has 1 rings (SSSR count). The highest BCUT2D eigenvalue weighted by molar-refractivity contribution is 7.98. The normalized spacial score (nSPS) is 11.2. The van der Waals surface area contributed by atoms with Gasteiger partial charge in [0.05, 0.1) is 5.69 Å². The van der Waals surface area contributed by atoms with Crippen LogP contribution in [0.2, 0.25) is 0 Å². The lowest BCUT2D eigenvalue weighted by molar-refractivity contribution is 1.16. The summed E-state index contributed by atoms with van der Waals surface area (Å²) < 4.78 is 0. The minimum atomic E-state index is 0.428. The van der Waals surface area contributed by atoms with Gasteiger partial charge in [-0.15, -0.1) is 0 Å². The molecule has 0 saturated carbocycles. The summed E-state index contributed by atoms with van der Waals surface area (Å²) in [6, 6.07) is 5.92. The van der Waals surface area contributed by atoms with E-state index >= 15 is 0 Å². The van der Waals surface area contributed by atoms with E-state index in [9.17, 15) is 0 Å². The van der Waals surface area contributed by atoms with Gasteiger partial charge in [-0.3, -0.25) is 4.98 Å². The summed E-state index contributed by atoms with van der Waals surface area (Å²) in [7, 11) is 1.73. The Balaban J connectivity index is 2.20. The zero-order chi connectivity index (χ0) is 12.5. The minimum absolute atomic E-state index is 0.428. The van der Waals surface area contributed by atoms with Crippen molar-refractivity contribution in [2.24, 2.45) is 10.7 Å². The first-order valence-electron chi connectivity index (χ1n) is 5.24. The molecular weight excluding hydrogens is 252 g/mol. The van der Waals surface area contributed by atoms with Crippen LogP contribution in [0, 0.1) is 0 Å². The molecule has 0 amide bonds. The first-order valence-corrected chi connectivity index (χ1v) is 6.81. The number of amidine groups is 1. The van der Waals surface area contributed by atoms with Crippen molar-refractivity contribution in [2.75, 3.05) is 12.8 Å². The molecule has 0 radical (unpaired) electrons. The topological polar surface area (TPSA) is 63.3 Å². The molecule has 4 nitrogen and oxygen atoms in total. The summed E-state index contributed by atoms with van der Waals surface area (Å²) in [4.78, 5) is 8.27. The fraction of sp³-hybridized carbons (Fsp3) is 0.364. The quantitative estimate of drug-likeness (QED) is 0.367. The first-order chi connectivity index (χ1) is 8.22. The average molecular weight is 268 g/mol. The molecule has 0 aliphatic heterocycles. The number of aromatic nitrogens is 1. The third-order valence-electron chi connectivity index (χ3n) is 1.94. The SMILES string of the molecule is CNC(=S)N=C(N)CCSCc1ccccn1. The highest BCUT2D eigenvalue weighted by Gasteiger charge is 1.97. The van der Waals surface area contributed by atoms with Crippen molar-refractivity contribution in [3.63, 3.8) is 0 Å². The second-order valence-electron chi connectivity index (χ2n) is 3.28. The molecule has 0 atom stereocenters. The number of hydrogen-bond acceptors (Lipinski definition) is 3. The van der Waals surface area contributed by atoms with E-state index in [1.165, 1.54) is 0 Å². The van der Waals surface area contributed by atoms with Gasteiger partial charge in [-0.05, 0) is 24.4 Å². The van der Waals surface area contributed by atoms with Gasteiger partial charge in [-0.1, -0.05) is 6.07 Å². The molecule has 17 heavy (non-hydrogen) atoms. The van der Waals surface area contributed by atoms with Gasteiger partial charge in [-0.2, -0.15) is 11.8 Å². The second-order valence-corrected chi connectivity index (χ2v) is 4.77. The van der Waals surface area contributed by atoms with Gasteiger partial charge in [0.25, 0.3) is 0 Å². The molecule has 0 saturated heterocycles.